The van der Waals surface area contributed by atoms with Crippen LogP contribution in [-0.4, -0.2) is 45.8 Å². The molecule has 1 aliphatic heterocycles. The van der Waals surface area contributed by atoms with E-state index in [-0.39, 0.29) is 12.5 Å². The highest BCUT2D eigenvalue weighted by molar-refractivity contribution is 6.05. The number of nitrogens with two attached hydrogens (primary N) is 1. The minimum absolute atomic E-state index is 0.0673. The van der Waals surface area contributed by atoms with E-state index in [1.165, 1.54) is 0 Å². The smallest absolute Gasteiger partial charge is 0.275 e. The predicted molar refractivity (Wildman–Crippen MR) is 76.2 cm³/mol. The molecule has 1 unspecified atom stereocenters. The minimum atomic E-state index is -0.0673. The molecule has 1 atom stereocenters. The Morgan fingerprint density at radius 3 is 3.20 bits per heavy atom. The van der Waals surface area contributed by atoms with Crippen molar-refractivity contribution in [3.05, 3.63) is 23.9 Å². The number of rotatable bonds is 3. The highest BCUT2D eigenvalue weighted by atomic mass is 16.3. The van der Waals surface area contributed by atoms with Crippen LogP contribution < -0.4 is 5.73 Å². The quantitative estimate of drug-likeness (QED) is 0.727. The zero-order valence-corrected chi connectivity index (χ0v) is 11.2. The molecule has 1 fully saturated rings. The van der Waals surface area contributed by atoms with E-state index in [0.29, 0.717) is 23.8 Å². The molecule has 6 nitrogen and oxygen atoms in total. The van der Waals surface area contributed by atoms with E-state index < -0.39 is 0 Å². The highest BCUT2D eigenvalue weighted by Crippen LogP contribution is 2.24. The Kier molecular flexibility index (Phi) is 3.31. The largest absolute Gasteiger partial charge is 0.399 e. The number of carbonyl (C=O) groups excluding carboxylic acids is 1. The SMILES string of the molecule is Nc1ccc2[nH]nc(C(=O)N3CCC(CCO)C3)c2c1. The van der Waals surface area contributed by atoms with Crippen LogP contribution in [0.2, 0.25) is 0 Å². The van der Waals surface area contributed by atoms with E-state index in [1.807, 2.05) is 6.07 Å². The summed E-state index contributed by atoms with van der Waals surface area (Å²) in [6, 6.07) is 5.38. The lowest BCUT2D eigenvalue weighted by Crippen LogP contribution is -2.29. The molecule has 106 valence electrons. The van der Waals surface area contributed by atoms with Gasteiger partial charge in [0.2, 0.25) is 0 Å². The summed E-state index contributed by atoms with van der Waals surface area (Å²) in [5.41, 5.74) is 7.63. The van der Waals surface area contributed by atoms with Crippen LogP contribution in [0.25, 0.3) is 10.9 Å². The van der Waals surface area contributed by atoms with E-state index in [4.69, 9.17) is 10.8 Å². The number of hydrogen-bond donors (Lipinski definition) is 3. The number of nitrogens with zero attached hydrogens (tertiary/aromatic N) is 2. The standard InChI is InChI=1S/C14H18N4O2/c15-10-1-2-12-11(7-10)13(17-16-12)14(20)18-5-3-9(8-18)4-6-19/h1-2,7,9,19H,3-6,8,15H2,(H,16,17). The monoisotopic (exact) mass is 274 g/mol. The van der Waals surface area contributed by atoms with Gasteiger partial charge in [-0.1, -0.05) is 0 Å². The van der Waals surface area contributed by atoms with Gasteiger partial charge in [-0.25, -0.2) is 0 Å². The molecule has 0 aliphatic carbocycles. The summed E-state index contributed by atoms with van der Waals surface area (Å²) in [7, 11) is 0. The molecule has 4 N–H and O–H groups in total. The Balaban J connectivity index is 1.84. The van der Waals surface area contributed by atoms with Gasteiger partial charge in [0.1, 0.15) is 0 Å². The molecule has 3 rings (SSSR count). The molecule has 20 heavy (non-hydrogen) atoms. The van der Waals surface area contributed by atoms with Crippen LogP contribution in [0.5, 0.6) is 0 Å². The Labute approximate surface area is 116 Å². The number of H-pyrrole nitrogens is 1. The summed E-state index contributed by atoms with van der Waals surface area (Å²) >= 11 is 0. The number of nitrogen functional groups attached to an aromatic ring is 1. The van der Waals surface area contributed by atoms with Crippen LogP contribution in [0.4, 0.5) is 5.69 Å². The fourth-order valence-electron chi connectivity index (χ4n) is 2.78. The zero-order chi connectivity index (χ0) is 14.1. The topological polar surface area (TPSA) is 95.2 Å². The van der Waals surface area contributed by atoms with E-state index in [9.17, 15) is 4.79 Å². The number of benzene rings is 1. The Morgan fingerprint density at radius 2 is 2.40 bits per heavy atom. The van der Waals surface area contributed by atoms with E-state index in [1.54, 1.807) is 17.0 Å². The molecule has 1 aromatic heterocycles. The first-order chi connectivity index (χ1) is 9.69. The normalized spacial score (nSPS) is 18.9. The average molecular weight is 274 g/mol. The number of aromatic amines is 1. The van der Waals surface area contributed by atoms with E-state index in [0.717, 1.165) is 30.3 Å². The number of fused-ring (bicyclic) bond motifs is 1. The number of aromatic nitrogens is 2. The Bertz CT molecular complexity index is 637. The fourth-order valence-corrected chi connectivity index (χ4v) is 2.78. The van der Waals surface area contributed by atoms with Gasteiger partial charge in [-0.3, -0.25) is 9.89 Å². The molecule has 1 aliphatic rings. The van der Waals surface area contributed by atoms with Crippen molar-refractivity contribution in [2.24, 2.45) is 5.92 Å². The van der Waals surface area contributed by atoms with Crippen LogP contribution in [0, 0.1) is 5.92 Å². The molecule has 6 heteroatoms. The first-order valence-electron chi connectivity index (χ1n) is 6.83. The number of nitrogens with one attached hydrogen (secondary N) is 1. The third kappa shape index (κ3) is 2.22. The lowest BCUT2D eigenvalue weighted by Gasteiger charge is -2.15. The maximum absolute atomic E-state index is 12.5. The molecule has 1 aromatic carbocycles. The van der Waals surface area contributed by atoms with Crippen molar-refractivity contribution in [1.82, 2.24) is 15.1 Å². The van der Waals surface area contributed by atoms with Gasteiger partial charge in [-0.2, -0.15) is 5.10 Å². The minimum Gasteiger partial charge on any atom is -0.399 e. The second-order valence-electron chi connectivity index (χ2n) is 5.30. The third-order valence-corrected chi connectivity index (χ3v) is 3.90. The number of aliphatic hydroxyl groups excluding tert-OH is 1. The lowest BCUT2D eigenvalue weighted by atomic mass is 10.1. The van der Waals surface area contributed by atoms with Crippen LogP contribution in [0.3, 0.4) is 0 Å². The summed E-state index contributed by atoms with van der Waals surface area (Å²) in [5, 5.41) is 16.7. The van der Waals surface area contributed by atoms with Crippen molar-refractivity contribution in [3.8, 4) is 0 Å². The molecule has 2 heterocycles. The lowest BCUT2D eigenvalue weighted by molar-refractivity contribution is 0.0781. The van der Waals surface area contributed by atoms with Crippen LogP contribution in [0.1, 0.15) is 23.3 Å². The summed E-state index contributed by atoms with van der Waals surface area (Å²) in [6.45, 7) is 1.59. The van der Waals surface area contributed by atoms with Gasteiger partial charge in [-0.05, 0) is 37.0 Å². The molecule has 0 radical (unpaired) electrons. The number of hydrogen-bond acceptors (Lipinski definition) is 4. The number of anilines is 1. The second kappa shape index (κ2) is 5.13. The summed E-state index contributed by atoms with van der Waals surface area (Å²) < 4.78 is 0. The summed E-state index contributed by atoms with van der Waals surface area (Å²) in [5.74, 6) is 0.321. The molecule has 2 aromatic rings. The van der Waals surface area contributed by atoms with Gasteiger partial charge in [0.25, 0.3) is 5.91 Å². The molecule has 1 amide bonds. The number of amides is 1. The van der Waals surface area contributed by atoms with Crippen LogP contribution in [-0.2, 0) is 0 Å². The Hall–Kier alpha value is -2.08. The van der Waals surface area contributed by atoms with Crippen molar-refractivity contribution < 1.29 is 9.90 Å². The third-order valence-electron chi connectivity index (χ3n) is 3.90. The van der Waals surface area contributed by atoms with Crippen LogP contribution >= 0.6 is 0 Å². The predicted octanol–water partition coefficient (Wildman–Crippen LogP) is 0.990. The van der Waals surface area contributed by atoms with Crippen molar-refractivity contribution in [1.29, 1.82) is 0 Å². The average Bonchev–Trinajstić information content (AvgIpc) is 3.05. The fraction of sp³-hybridized carbons (Fsp3) is 0.429. The van der Waals surface area contributed by atoms with Crippen molar-refractivity contribution in [2.75, 3.05) is 25.4 Å². The summed E-state index contributed by atoms with van der Waals surface area (Å²) in [6.07, 6.45) is 1.69. The highest BCUT2D eigenvalue weighted by Gasteiger charge is 2.28. The van der Waals surface area contributed by atoms with Gasteiger partial charge in [0.15, 0.2) is 5.69 Å². The summed E-state index contributed by atoms with van der Waals surface area (Å²) in [4.78, 5) is 14.3. The van der Waals surface area contributed by atoms with Crippen molar-refractivity contribution in [2.45, 2.75) is 12.8 Å². The molecule has 0 bridgehead atoms. The maximum Gasteiger partial charge on any atom is 0.275 e. The zero-order valence-electron chi connectivity index (χ0n) is 11.2. The van der Waals surface area contributed by atoms with Gasteiger partial charge in [-0.15, -0.1) is 0 Å². The van der Waals surface area contributed by atoms with Gasteiger partial charge < -0.3 is 15.7 Å². The van der Waals surface area contributed by atoms with Gasteiger partial charge in [0.05, 0.1) is 5.52 Å². The van der Waals surface area contributed by atoms with E-state index in [2.05, 4.69) is 10.2 Å². The number of likely N-dealkylation sites (tertiary alicyclic amines) is 1. The van der Waals surface area contributed by atoms with Gasteiger partial charge in [0, 0.05) is 30.8 Å². The van der Waals surface area contributed by atoms with Gasteiger partial charge >= 0.3 is 0 Å². The molecule has 0 saturated carbocycles. The second-order valence-corrected chi connectivity index (χ2v) is 5.30. The van der Waals surface area contributed by atoms with E-state index >= 15 is 0 Å². The number of aliphatic hydroxyl groups is 1. The van der Waals surface area contributed by atoms with Crippen molar-refractivity contribution >= 4 is 22.5 Å². The van der Waals surface area contributed by atoms with Crippen LogP contribution in [0.15, 0.2) is 18.2 Å². The molecule has 0 spiro atoms. The first-order valence-corrected chi connectivity index (χ1v) is 6.83. The molecular formula is C14H18N4O2. The van der Waals surface area contributed by atoms with Crippen molar-refractivity contribution in [3.63, 3.8) is 0 Å². The maximum atomic E-state index is 12.5. The number of carbonyl (C=O) groups is 1. The molecular weight excluding hydrogens is 256 g/mol. The Morgan fingerprint density at radius 1 is 1.55 bits per heavy atom. The first kappa shape index (κ1) is 12.9. The molecule has 1 saturated heterocycles.